The van der Waals surface area contributed by atoms with Gasteiger partial charge in [0.2, 0.25) is 0 Å². The zero-order chi connectivity index (χ0) is 26.4. The second kappa shape index (κ2) is 12.0. The Morgan fingerprint density at radius 1 is 0.939 bits per heavy atom. The van der Waals surface area contributed by atoms with Crippen molar-refractivity contribution in [3.8, 4) is 0 Å². The second-order valence-corrected chi connectivity index (χ2v) is 14.0. The average molecular weight is 557 g/mol. The Labute approximate surface area is 191 Å². The lowest BCUT2D eigenvalue weighted by Crippen LogP contribution is -2.59. The summed E-state index contributed by atoms with van der Waals surface area (Å²) in [5, 5.41) is 0. The van der Waals surface area contributed by atoms with Crippen molar-refractivity contribution >= 4 is 28.9 Å². The topological polar surface area (TPSA) is 110 Å². The van der Waals surface area contributed by atoms with E-state index in [0.717, 1.165) is 20.7 Å². The first-order chi connectivity index (χ1) is 14.7. The van der Waals surface area contributed by atoms with Crippen LogP contribution in [0.5, 0.6) is 0 Å². The van der Waals surface area contributed by atoms with Gasteiger partial charge in [0.1, 0.15) is 6.17 Å². The van der Waals surface area contributed by atoms with Crippen molar-refractivity contribution in [1.29, 1.82) is 0 Å². The molecule has 0 N–H and O–H groups in total. The van der Waals surface area contributed by atoms with Crippen molar-refractivity contribution in [3.05, 3.63) is 4.13 Å². The molecule has 0 aliphatic carbocycles. The molecule has 1 saturated heterocycles. The molecule has 0 aromatic rings. The van der Waals surface area contributed by atoms with E-state index < -0.39 is 39.9 Å². The Morgan fingerprint density at radius 2 is 1.36 bits per heavy atom. The van der Waals surface area contributed by atoms with Gasteiger partial charge in [-0.2, -0.15) is 26.3 Å². The Hall–Kier alpha value is -0.503. The maximum Gasteiger partial charge on any atom is 0.558 e. The molecular weight excluding hydrogens is 526 g/mol. The molecular formula is C15H30F6N2O7S2Si. The zero-order valence-corrected chi connectivity index (χ0v) is 21.5. The van der Waals surface area contributed by atoms with Crippen LogP contribution >= 0.6 is 0 Å². The number of quaternary nitrogens is 1. The number of hydrogen-bond donors (Lipinski definition) is 0. The lowest BCUT2D eigenvalue weighted by Gasteiger charge is -2.35. The van der Waals surface area contributed by atoms with Crippen molar-refractivity contribution in [1.82, 2.24) is 0 Å². The van der Waals surface area contributed by atoms with E-state index in [1.54, 1.807) is 21.3 Å². The molecule has 1 fully saturated rings. The van der Waals surface area contributed by atoms with Gasteiger partial charge in [-0.05, 0) is 6.42 Å². The molecule has 1 aliphatic rings. The van der Waals surface area contributed by atoms with Crippen LogP contribution in [0.3, 0.4) is 0 Å². The lowest BCUT2D eigenvalue weighted by atomic mass is 10.0. The fourth-order valence-electron chi connectivity index (χ4n) is 3.30. The van der Waals surface area contributed by atoms with Gasteiger partial charge < -0.3 is 21.9 Å². The third-order valence-corrected chi connectivity index (χ3v) is 10.8. The van der Waals surface area contributed by atoms with Gasteiger partial charge in [0.05, 0.1) is 20.1 Å². The van der Waals surface area contributed by atoms with Gasteiger partial charge in [-0.3, -0.25) is 0 Å². The molecule has 200 valence electrons. The third-order valence-electron chi connectivity index (χ3n) is 5.03. The van der Waals surface area contributed by atoms with E-state index in [2.05, 4.69) is 14.0 Å². The van der Waals surface area contributed by atoms with Crippen LogP contribution in [-0.2, 0) is 33.3 Å². The number of alkyl halides is 6. The number of unbranched alkanes of at least 4 members (excludes halogenated alkanes) is 1. The van der Waals surface area contributed by atoms with E-state index in [9.17, 15) is 43.2 Å². The fourth-order valence-corrected chi connectivity index (χ4v) is 7.12. The van der Waals surface area contributed by atoms with Gasteiger partial charge in [-0.15, -0.1) is 0 Å². The standard InChI is InChI=1S/C13H30NO3Si.C2F6NO4S2/c1-6-7-8-13-9-10-14(2,11-13)12-18(15-3,16-4)17-5;3-1(4,5)14(10,11)9-15(12,13)2(6,7)8/h13H,6-12H2,1-5H3;/q+1;-1. The van der Waals surface area contributed by atoms with Crippen LogP contribution in [0.4, 0.5) is 26.3 Å². The summed E-state index contributed by atoms with van der Waals surface area (Å²) in [6, 6.07) is 0. The molecule has 0 bridgehead atoms. The summed E-state index contributed by atoms with van der Waals surface area (Å²) >= 11 is 0. The molecule has 2 unspecified atom stereocenters. The van der Waals surface area contributed by atoms with Gasteiger partial charge >= 0.3 is 19.8 Å². The molecule has 0 radical (unpaired) electrons. The second-order valence-electron chi connectivity index (χ2n) is 7.69. The van der Waals surface area contributed by atoms with Crippen molar-refractivity contribution in [2.45, 2.75) is 43.6 Å². The molecule has 0 amide bonds. The molecule has 1 aliphatic heterocycles. The first-order valence-electron chi connectivity index (χ1n) is 9.59. The Bertz CT molecular complexity index is 769. The quantitative estimate of drug-likeness (QED) is 0.231. The SMILES string of the molecule is CCCCC1CC[N+](C)(C[Si](OC)(OC)OC)C1.O=S(=O)([N-]S(=O)(=O)C(F)(F)F)C(F)(F)F. The maximum atomic E-state index is 11.4. The third kappa shape index (κ3) is 9.58. The van der Waals surface area contributed by atoms with E-state index >= 15 is 0 Å². The van der Waals surface area contributed by atoms with Crippen LogP contribution in [0, 0.1) is 5.92 Å². The van der Waals surface area contributed by atoms with Gasteiger partial charge in [-0.25, -0.2) is 16.8 Å². The Morgan fingerprint density at radius 3 is 1.70 bits per heavy atom. The average Bonchev–Trinajstić information content (AvgIpc) is 3.03. The Kier molecular flexibility index (Phi) is 11.8. The first-order valence-corrected chi connectivity index (χ1v) is 14.4. The van der Waals surface area contributed by atoms with Crippen LogP contribution in [0.2, 0.25) is 0 Å². The summed E-state index contributed by atoms with van der Waals surface area (Å²) in [6.45, 7) is 4.73. The number of hydrogen-bond acceptors (Lipinski definition) is 7. The van der Waals surface area contributed by atoms with E-state index in [-0.39, 0.29) is 0 Å². The summed E-state index contributed by atoms with van der Waals surface area (Å²) in [7, 11) is -8.46. The van der Waals surface area contributed by atoms with Gasteiger partial charge in [0, 0.05) is 33.7 Å². The predicted octanol–water partition coefficient (Wildman–Crippen LogP) is 3.12. The number of sulfonamides is 2. The van der Waals surface area contributed by atoms with Crippen molar-refractivity contribution in [3.63, 3.8) is 0 Å². The van der Waals surface area contributed by atoms with E-state index in [1.165, 1.54) is 38.8 Å². The van der Waals surface area contributed by atoms with E-state index in [0.29, 0.717) is 0 Å². The molecule has 0 saturated carbocycles. The van der Waals surface area contributed by atoms with Crippen LogP contribution in [0.1, 0.15) is 32.6 Å². The molecule has 18 heteroatoms. The number of nitrogens with zero attached hydrogens (tertiary/aromatic N) is 2. The largest absolute Gasteiger partial charge is 0.558 e. The highest BCUT2D eigenvalue weighted by atomic mass is 32.3. The molecule has 1 heterocycles. The van der Waals surface area contributed by atoms with Gasteiger partial charge in [0.25, 0.3) is 0 Å². The highest BCUT2D eigenvalue weighted by Gasteiger charge is 2.49. The lowest BCUT2D eigenvalue weighted by molar-refractivity contribution is -0.891. The number of rotatable bonds is 10. The first kappa shape index (κ1) is 32.5. The molecule has 2 atom stereocenters. The summed E-state index contributed by atoms with van der Waals surface area (Å²) in [5.74, 6) is 0.868. The fraction of sp³-hybridized carbons (Fsp3) is 1.00. The van der Waals surface area contributed by atoms with E-state index in [4.69, 9.17) is 13.3 Å². The van der Waals surface area contributed by atoms with Crippen molar-refractivity contribution in [2.75, 3.05) is 47.6 Å². The van der Waals surface area contributed by atoms with Crippen LogP contribution in [-0.4, -0.2) is 88.8 Å². The van der Waals surface area contributed by atoms with Crippen LogP contribution in [0.25, 0.3) is 4.13 Å². The number of likely N-dealkylation sites (tertiary alicyclic amines) is 1. The Balaban J connectivity index is 0.000000633. The molecule has 0 aromatic carbocycles. The maximum absolute atomic E-state index is 11.4. The molecule has 9 nitrogen and oxygen atoms in total. The molecule has 0 aromatic heterocycles. The smallest absolute Gasteiger partial charge is 0.421 e. The molecule has 1 rings (SSSR count). The molecule has 33 heavy (non-hydrogen) atoms. The summed E-state index contributed by atoms with van der Waals surface area (Å²) in [4.78, 5) is 0. The zero-order valence-electron chi connectivity index (χ0n) is 18.9. The van der Waals surface area contributed by atoms with Crippen LogP contribution in [0.15, 0.2) is 0 Å². The van der Waals surface area contributed by atoms with Crippen molar-refractivity contribution < 1.29 is 60.9 Å². The van der Waals surface area contributed by atoms with Crippen molar-refractivity contribution in [2.24, 2.45) is 5.92 Å². The normalized spacial score (nSPS) is 22.7. The summed E-state index contributed by atoms with van der Waals surface area (Å²) in [6.07, 6.45) is 6.24. The minimum Gasteiger partial charge on any atom is -0.421 e. The minimum atomic E-state index is -6.72. The monoisotopic (exact) mass is 556 g/mol. The van der Waals surface area contributed by atoms with Gasteiger partial charge in [-0.1, -0.05) is 19.8 Å². The number of halogens is 6. The van der Waals surface area contributed by atoms with Gasteiger partial charge in [0.15, 0.2) is 20.0 Å². The molecule has 0 spiro atoms. The highest BCUT2D eigenvalue weighted by molar-refractivity contribution is 8.13. The minimum absolute atomic E-state index is 0.778. The summed E-state index contributed by atoms with van der Waals surface area (Å²) in [5.41, 5.74) is -12.4. The summed E-state index contributed by atoms with van der Waals surface area (Å²) < 4.78 is 127. The highest BCUT2D eigenvalue weighted by Crippen LogP contribution is 2.36. The predicted molar refractivity (Wildman–Crippen MR) is 109 cm³/mol. The van der Waals surface area contributed by atoms with E-state index in [1.807, 2.05) is 0 Å². The van der Waals surface area contributed by atoms with Crippen LogP contribution < -0.4 is 0 Å².